The van der Waals surface area contributed by atoms with Crippen LogP contribution in [0.1, 0.15) is 49.7 Å². The number of nitrogens with one attached hydrogen (secondary N) is 2. The first-order valence-corrected chi connectivity index (χ1v) is 8.33. The van der Waals surface area contributed by atoms with E-state index in [9.17, 15) is 9.59 Å². The first-order chi connectivity index (χ1) is 10.7. The Labute approximate surface area is 133 Å². The Morgan fingerprint density at radius 3 is 2.45 bits per heavy atom. The summed E-state index contributed by atoms with van der Waals surface area (Å²) in [6, 6.07) is 10.8. The molecule has 2 N–H and O–H groups in total. The van der Waals surface area contributed by atoms with Gasteiger partial charge in [-0.1, -0.05) is 24.6 Å². The zero-order chi connectivity index (χ0) is 15.4. The lowest BCUT2D eigenvalue weighted by Crippen LogP contribution is -2.41. The fourth-order valence-electron chi connectivity index (χ4n) is 2.62. The minimum absolute atomic E-state index is 0.248. The van der Waals surface area contributed by atoms with Gasteiger partial charge < -0.3 is 0 Å². The summed E-state index contributed by atoms with van der Waals surface area (Å²) in [7, 11) is 0. The van der Waals surface area contributed by atoms with Crippen LogP contribution in [0.3, 0.4) is 0 Å². The first kappa shape index (κ1) is 14.8. The number of carbonyl (C=O) groups excluding carboxylic acids is 2. The van der Waals surface area contributed by atoms with E-state index in [1.165, 1.54) is 29.7 Å². The van der Waals surface area contributed by atoms with E-state index < -0.39 is 0 Å². The Morgan fingerprint density at radius 1 is 0.909 bits per heavy atom. The van der Waals surface area contributed by atoms with Crippen molar-refractivity contribution in [2.75, 3.05) is 0 Å². The van der Waals surface area contributed by atoms with Crippen LogP contribution in [0.25, 0.3) is 0 Å². The van der Waals surface area contributed by atoms with Gasteiger partial charge in [0.05, 0.1) is 4.88 Å². The first-order valence-electron chi connectivity index (χ1n) is 7.51. The SMILES string of the molecule is O=C(NNC(=O)c1cc2c(s1)CCCCC2)c1ccccc1. The molecule has 1 aliphatic rings. The minimum atomic E-state index is -0.313. The molecule has 3 rings (SSSR count). The molecule has 0 fully saturated rings. The highest BCUT2D eigenvalue weighted by Crippen LogP contribution is 2.28. The topological polar surface area (TPSA) is 58.2 Å². The predicted molar refractivity (Wildman–Crippen MR) is 87.0 cm³/mol. The second kappa shape index (κ2) is 6.75. The minimum Gasteiger partial charge on any atom is -0.267 e. The van der Waals surface area contributed by atoms with Gasteiger partial charge in [-0.15, -0.1) is 11.3 Å². The van der Waals surface area contributed by atoms with Gasteiger partial charge in [-0.05, 0) is 49.4 Å². The van der Waals surface area contributed by atoms with Crippen molar-refractivity contribution >= 4 is 23.2 Å². The smallest absolute Gasteiger partial charge is 0.267 e. The molecule has 0 spiro atoms. The number of hydrazine groups is 1. The number of thiophene rings is 1. The van der Waals surface area contributed by atoms with E-state index in [1.807, 2.05) is 12.1 Å². The van der Waals surface area contributed by atoms with E-state index >= 15 is 0 Å². The highest BCUT2D eigenvalue weighted by molar-refractivity contribution is 7.14. The summed E-state index contributed by atoms with van der Waals surface area (Å²) in [5.74, 6) is -0.561. The van der Waals surface area contributed by atoms with Gasteiger partial charge in [0.2, 0.25) is 0 Å². The molecule has 0 saturated carbocycles. The summed E-state index contributed by atoms with van der Waals surface area (Å²) in [6.45, 7) is 0. The number of amides is 2. The Hall–Kier alpha value is -2.14. The van der Waals surface area contributed by atoms with Gasteiger partial charge in [0, 0.05) is 10.4 Å². The molecule has 1 aromatic carbocycles. The molecular formula is C17H18N2O2S. The summed E-state index contributed by atoms with van der Waals surface area (Å²) in [5.41, 5.74) is 6.76. The van der Waals surface area contributed by atoms with Crippen molar-refractivity contribution in [1.82, 2.24) is 10.9 Å². The molecule has 0 aliphatic heterocycles. The monoisotopic (exact) mass is 314 g/mol. The van der Waals surface area contributed by atoms with Crippen LogP contribution in [-0.4, -0.2) is 11.8 Å². The number of fused-ring (bicyclic) bond motifs is 1. The number of hydrogen-bond acceptors (Lipinski definition) is 3. The van der Waals surface area contributed by atoms with Crippen molar-refractivity contribution < 1.29 is 9.59 Å². The van der Waals surface area contributed by atoms with Crippen molar-refractivity contribution in [2.24, 2.45) is 0 Å². The van der Waals surface area contributed by atoms with E-state index in [0.29, 0.717) is 10.4 Å². The molecule has 1 aliphatic carbocycles. The molecule has 114 valence electrons. The normalized spacial score (nSPS) is 13.8. The Kier molecular flexibility index (Phi) is 4.53. The van der Waals surface area contributed by atoms with Gasteiger partial charge in [-0.2, -0.15) is 0 Å². The molecule has 2 aromatic rings. The standard InChI is InChI=1S/C17H18N2O2S/c20-16(12-7-3-1-4-8-12)18-19-17(21)15-11-13-9-5-2-6-10-14(13)22-15/h1,3-4,7-8,11H,2,5-6,9-10H2,(H,18,20)(H,19,21). The molecule has 0 saturated heterocycles. The third-order valence-corrected chi connectivity index (χ3v) is 5.03. The number of hydrogen-bond donors (Lipinski definition) is 2. The van der Waals surface area contributed by atoms with E-state index in [1.54, 1.807) is 35.6 Å². The van der Waals surface area contributed by atoms with Gasteiger partial charge in [0.1, 0.15) is 0 Å². The average Bonchev–Trinajstić information content (AvgIpc) is 2.84. The number of benzene rings is 1. The summed E-state index contributed by atoms with van der Waals surface area (Å²) < 4.78 is 0. The maximum absolute atomic E-state index is 12.2. The highest BCUT2D eigenvalue weighted by Gasteiger charge is 2.17. The Morgan fingerprint density at radius 2 is 1.64 bits per heavy atom. The fraction of sp³-hybridized carbons (Fsp3) is 0.294. The number of aryl methyl sites for hydroxylation is 2. The molecule has 1 aromatic heterocycles. The van der Waals surface area contributed by atoms with Crippen LogP contribution in [0.2, 0.25) is 0 Å². The van der Waals surface area contributed by atoms with Gasteiger partial charge in [0.15, 0.2) is 0 Å². The number of carbonyl (C=O) groups is 2. The van der Waals surface area contributed by atoms with Crippen LogP contribution < -0.4 is 10.9 Å². The fourth-order valence-corrected chi connectivity index (χ4v) is 3.77. The predicted octanol–water partition coefficient (Wildman–Crippen LogP) is 3.09. The quantitative estimate of drug-likeness (QED) is 0.661. The van der Waals surface area contributed by atoms with Crippen molar-refractivity contribution in [3.05, 3.63) is 57.3 Å². The highest BCUT2D eigenvalue weighted by atomic mass is 32.1. The lowest BCUT2D eigenvalue weighted by atomic mass is 10.1. The maximum Gasteiger partial charge on any atom is 0.279 e. The second-order valence-electron chi connectivity index (χ2n) is 5.39. The van der Waals surface area contributed by atoms with Gasteiger partial charge in [0.25, 0.3) is 11.8 Å². The van der Waals surface area contributed by atoms with E-state index in [4.69, 9.17) is 0 Å². The third-order valence-electron chi connectivity index (χ3n) is 3.80. The van der Waals surface area contributed by atoms with Crippen LogP contribution in [0.4, 0.5) is 0 Å². The second-order valence-corrected chi connectivity index (χ2v) is 6.53. The molecule has 5 heteroatoms. The lowest BCUT2D eigenvalue weighted by molar-refractivity contribution is 0.0849. The van der Waals surface area contributed by atoms with Crippen molar-refractivity contribution in [1.29, 1.82) is 0 Å². The Balaban J connectivity index is 1.62. The molecular weight excluding hydrogens is 296 g/mol. The molecule has 1 heterocycles. The summed E-state index contributed by atoms with van der Waals surface area (Å²) in [6.07, 6.45) is 5.75. The molecule has 2 amide bonds. The molecule has 4 nitrogen and oxygen atoms in total. The Bertz CT molecular complexity index is 656. The molecule has 22 heavy (non-hydrogen) atoms. The average molecular weight is 314 g/mol. The molecule has 0 unspecified atom stereocenters. The largest absolute Gasteiger partial charge is 0.279 e. The van der Waals surface area contributed by atoms with Crippen LogP contribution in [0.15, 0.2) is 36.4 Å². The zero-order valence-corrected chi connectivity index (χ0v) is 13.0. The van der Waals surface area contributed by atoms with Crippen molar-refractivity contribution in [3.63, 3.8) is 0 Å². The van der Waals surface area contributed by atoms with E-state index in [0.717, 1.165) is 12.8 Å². The third kappa shape index (κ3) is 3.36. The lowest BCUT2D eigenvalue weighted by Gasteiger charge is -2.06. The number of rotatable bonds is 2. The van der Waals surface area contributed by atoms with Gasteiger partial charge >= 0.3 is 0 Å². The summed E-state index contributed by atoms with van der Waals surface area (Å²) >= 11 is 1.54. The summed E-state index contributed by atoms with van der Waals surface area (Å²) in [4.78, 5) is 26.1. The molecule has 0 atom stereocenters. The molecule has 0 bridgehead atoms. The van der Waals surface area contributed by atoms with Gasteiger partial charge in [-0.25, -0.2) is 0 Å². The van der Waals surface area contributed by atoms with Gasteiger partial charge in [-0.3, -0.25) is 20.4 Å². The van der Waals surface area contributed by atoms with Crippen LogP contribution in [-0.2, 0) is 12.8 Å². The van der Waals surface area contributed by atoms with Crippen LogP contribution >= 0.6 is 11.3 Å². The van der Waals surface area contributed by atoms with E-state index in [-0.39, 0.29) is 11.8 Å². The maximum atomic E-state index is 12.2. The van der Waals surface area contributed by atoms with Crippen molar-refractivity contribution in [2.45, 2.75) is 32.1 Å². The summed E-state index contributed by atoms with van der Waals surface area (Å²) in [5, 5.41) is 0. The zero-order valence-electron chi connectivity index (χ0n) is 12.2. The molecule has 0 radical (unpaired) electrons. The van der Waals surface area contributed by atoms with Crippen LogP contribution in [0.5, 0.6) is 0 Å². The van der Waals surface area contributed by atoms with E-state index in [2.05, 4.69) is 10.9 Å². The van der Waals surface area contributed by atoms with Crippen molar-refractivity contribution in [3.8, 4) is 0 Å². The van der Waals surface area contributed by atoms with Crippen LogP contribution in [0, 0.1) is 0 Å².